The minimum Gasteiger partial charge on any atom is -0.250 e. The first-order valence-electron chi connectivity index (χ1n) is 2.52. The molecule has 0 aliphatic carbocycles. The quantitative estimate of drug-likeness (QED) is 0.570. The summed E-state index contributed by atoms with van der Waals surface area (Å²) in [5.41, 5.74) is 0. The van der Waals surface area contributed by atoms with Gasteiger partial charge in [-0.3, -0.25) is 0 Å². The predicted octanol–water partition coefficient (Wildman–Crippen LogP) is 2.91. The highest BCUT2D eigenvalue weighted by molar-refractivity contribution is 4.96. The van der Waals surface area contributed by atoms with Crippen LogP contribution >= 0.6 is 0 Å². The van der Waals surface area contributed by atoms with Gasteiger partial charge in [-0.05, 0) is 0 Å². The van der Waals surface area contributed by atoms with Gasteiger partial charge >= 0.3 is 6.18 Å². The molecule has 66 valence electrons. The maximum Gasteiger partial charge on any atom is 0.400 e. The molecule has 1 atom stereocenters. The molecule has 0 aliphatic heterocycles. The van der Waals surface area contributed by atoms with E-state index >= 15 is 0 Å². The topological polar surface area (TPSA) is 0 Å². The second kappa shape index (κ2) is 3.64. The minimum absolute atomic E-state index is 0.891. The van der Waals surface area contributed by atoms with E-state index in [1.807, 2.05) is 0 Å². The summed E-state index contributed by atoms with van der Waals surface area (Å²) in [6.07, 6.45) is -5.96. The highest BCUT2D eigenvalue weighted by Gasteiger charge is 2.43. The van der Waals surface area contributed by atoms with E-state index in [1.165, 1.54) is 0 Å². The van der Waals surface area contributed by atoms with Crippen molar-refractivity contribution in [1.82, 2.24) is 0 Å². The summed E-state index contributed by atoms with van der Waals surface area (Å²) in [6, 6.07) is 0. The van der Waals surface area contributed by atoms with Crippen LogP contribution in [0.5, 0.6) is 0 Å². The van der Waals surface area contributed by atoms with Gasteiger partial charge in [-0.25, -0.2) is 13.2 Å². The molecular weight excluding hydrogens is 174 g/mol. The van der Waals surface area contributed by atoms with Gasteiger partial charge in [0.15, 0.2) is 0 Å². The molecule has 0 N–H and O–H groups in total. The Hall–Kier alpha value is -0.680. The van der Waals surface area contributed by atoms with Crippen molar-refractivity contribution < 1.29 is 26.3 Å². The molecule has 0 amide bonds. The lowest BCUT2D eigenvalue weighted by molar-refractivity contribution is -0.172. The van der Waals surface area contributed by atoms with Gasteiger partial charge in [0.2, 0.25) is 0 Å². The van der Waals surface area contributed by atoms with E-state index in [2.05, 4.69) is 0 Å². The van der Waals surface area contributed by atoms with Gasteiger partial charge < -0.3 is 0 Å². The first-order valence-corrected chi connectivity index (χ1v) is 2.52. The zero-order valence-corrected chi connectivity index (χ0v) is 5.13. The van der Waals surface area contributed by atoms with Crippen LogP contribution in [-0.4, -0.2) is 12.9 Å². The monoisotopic (exact) mass is 178 g/mol. The van der Waals surface area contributed by atoms with Crippen LogP contribution in [-0.2, 0) is 0 Å². The average Bonchev–Trinajstić information content (AvgIpc) is 1.86. The fraction of sp³-hybridized carbons (Fsp3) is 0.600. The Morgan fingerprint density at radius 1 is 1.36 bits per heavy atom. The van der Waals surface area contributed by atoms with Gasteiger partial charge in [-0.2, -0.15) is 13.2 Å². The number of rotatable bonds is 2. The molecule has 0 saturated heterocycles. The van der Waals surface area contributed by atoms with E-state index in [4.69, 9.17) is 0 Å². The summed E-state index contributed by atoms with van der Waals surface area (Å²) in [7, 11) is 0. The van der Waals surface area contributed by atoms with Gasteiger partial charge in [0.05, 0.1) is 0 Å². The first-order chi connectivity index (χ1) is 4.93. The van der Waals surface area contributed by atoms with E-state index in [9.17, 15) is 26.3 Å². The summed E-state index contributed by atoms with van der Waals surface area (Å²) in [5.74, 6) is -5.10. The summed E-state index contributed by atoms with van der Waals surface area (Å²) >= 11 is 0. The third-order valence-corrected chi connectivity index (χ3v) is 0.987. The van der Waals surface area contributed by atoms with Crippen molar-refractivity contribution in [3.8, 4) is 0 Å². The van der Waals surface area contributed by atoms with E-state index in [1.54, 1.807) is 0 Å². The largest absolute Gasteiger partial charge is 0.400 e. The molecule has 0 saturated carbocycles. The number of alkyl halides is 4. The smallest absolute Gasteiger partial charge is 0.250 e. The number of hydrogen-bond acceptors (Lipinski definition) is 0. The Morgan fingerprint density at radius 2 is 1.82 bits per heavy atom. The second-order valence-electron chi connectivity index (χ2n) is 1.74. The average molecular weight is 178 g/mol. The van der Waals surface area contributed by atoms with Gasteiger partial charge in [0, 0.05) is 0 Å². The lowest BCUT2D eigenvalue weighted by atomic mass is 10.1. The van der Waals surface area contributed by atoms with Gasteiger partial charge in [-0.15, -0.1) is 0 Å². The molecule has 0 aromatic carbocycles. The van der Waals surface area contributed by atoms with Crippen molar-refractivity contribution in [2.75, 3.05) is 6.67 Å². The molecule has 1 unspecified atom stereocenters. The zero-order chi connectivity index (χ0) is 9.07. The third-order valence-electron chi connectivity index (χ3n) is 0.987. The maximum atomic E-state index is 11.8. The van der Waals surface area contributed by atoms with Gasteiger partial charge in [0.1, 0.15) is 24.7 Å². The molecule has 0 spiro atoms. The fourth-order valence-electron chi connectivity index (χ4n) is 0.394. The Bertz CT molecular complexity index is 146. The third kappa shape index (κ3) is 2.81. The summed E-state index contributed by atoms with van der Waals surface area (Å²) < 4.78 is 68.8. The minimum atomic E-state index is -5.07. The van der Waals surface area contributed by atoms with Gasteiger partial charge in [-0.1, -0.05) is 0 Å². The van der Waals surface area contributed by atoms with Crippen molar-refractivity contribution in [1.29, 1.82) is 0 Å². The van der Waals surface area contributed by atoms with Crippen LogP contribution in [0.15, 0.2) is 12.2 Å². The van der Waals surface area contributed by atoms with Crippen LogP contribution in [0.3, 0.4) is 0 Å². The van der Waals surface area contributed by atoms with Crippen LogP contribution in [0.2, 0.25) is 0 Å². The van der Waals surface area contributed by atoms with Crippen LogP contribution in [0.1, 0.15) is 0 Å². The van der Waals surface area contributed by atoms with E-state index < -0.39 is 30.9 Å². The Labute approximate surface area is 58.5 Å². The summed E-state index contributed by atoms with van der Waals surface area (Å²) in [4.78, 5) is 0. The molecule has 0 aromatic rings. The normalized spacial score (nSPS) is 16.7. The van der Waals surface area contributed by atoms with Crippen LogP contribution in [0.25, 0.3) is 0 Å². The second-order valence-corrected chi connectivity index (χ2v) is 1.74. The molecule has 6 heteroatoms. The van der Waals surface area contributed by atoms with E-state index in [0.29, 0.717) is 0 Å². The number of halogens is 6. The molecule has 0 rings (SSSR count). The standard InChI is InChI=1S/C5H4F6/c6-1-3(4(8)2-7)5(9,10)11/h2-3H,1H2. The lowest BCUT2D eigenvalue weighted by Gasteiger charge is -2.13. The SMILES string of the molecule is FC=C(F)C(CF)C(F)(F)F. The predicted molar refractivity (Wildman–Crippen MR) is 25.8 cm³/mol. The molecule has 0 nitrogen and oxygen atoms in total. The number of allylic oxidation sites excluding steroid dienone is 1. The van der Waals surface area contributed by atoms with Crippen molar-refractivity contribution in [2.24, 2.45) is 5.92 Å². The fourth-order valence-corrected chi connectivity index (χ4v) is 0.394. The first kappa shape index (κ1) is 10.3. The van der Waals surface area contributed by atoms with Crippen molar-refractivity contribution in [2.45, 2.75) is 6.18 Å². The van der Waals surface area contributed by atoms with Gasteiger partial charge in [0.25, 0.3) is 0 Å². The lowest BCUT2D eigenvalue weighted by Crippen LogP contribution is -2.25. The molecule has 0 aliphatic rings. The molecular formula is C5H4F6. The molecule has 0 heterocycles. The Balaban J connectivity index is 4.42. The van der Waals surface area contributed by atoms with Crippen molar-refractivity contribution in [3.63, 3.8) is 0 Å². The van der Waals surface area contributed by atoms with Crippen molar-refractivity contribution in [3.05, 3.63) is 12.2 Å². The maximum absolute atomic E-state index is 11.8. The molecule has 0 aromatic heterocycles. The molecule has 11 heavy (non-hydrogen) atoms. The van der Waals surface area contributed by atoms with Crippen LogP contribution < -0.4 is 0 Å². The van der Waals surface area contributed by atoms with Crippen LogP contribution in [0.4, 0.5) is 26.3 Å². The highest BCUT2D eigenvalue weighted by Crippen LogP contribution is 2.32. The van der Waals surface area contributed by atoms with E-state index in [0.717, 1.165) is 0 Å². The highest BCUT2D eigenvalue weighted by atomic mass is 19.4. The molecule has 0 fully saturated rings. The molecule has 0 radical (unpaired) electrons. The summed E-state index contributed by atoms with van der Waals surface area (Å²) in [6.45, 7) is -1.99. The van der Waals surface area contributed by atoms with Crippen LogP contribution in [0, 0.1) is 5.92 Å². The zero-order valence-electron chi connectivity index (χ0n) is 5.13. The van der Waals surface area contributed by atoms with Crippen molar-refractivity contribution >= 4 is 0 Å². The van der Waals surface area contributed by atoms with E-state index in [-0.39, 0.29) is 0 Å². The number of hydrogen-bond donors (Lipinski definition) is 0. The Kier molecular flexibility index (Phi) is 3.41. The molecule has 0 bridgehead atoms. The summed E-state index contributed by atoms with van der Waals surface area (Å²) in [5, 5.41) is 0. The Morgan fingerprint density at radius 3 is 1.91 bits per heavy atom.